The Morgan fingerprint density at radius 1 is 1.02 bits per heavy atom. The molecule has 0 spiro atoms. The lowest BCUT2D eigenvalue weighted by atomic mass is 9.85. The average molecular weight is 780 g/mol. The molecule has 0 aliphatic carbocycles. The van der Waals surface area contributed by atoms with E-state index in [9.17, 15) is 19.8 Å². The summed E-state index contributed by atoms with van der Waals surface area (Å²) in [6, 6.07) is 3.48. The fraction of sp³-hybridized carbons (Fsp3) is 0.512. The third-order valence-electron chi connectivity index (χ3n) is 11.0. The highest BCUT2D eigenvalue weighted by molar-refractivity contribution is 7.98. The topological polar surface area (TPSA) is 148 Å². The number of aromatic hydroxyl groups is 2. The van der Waals surface area contributed by atoms with Gasteiger partial charge in [-0.15, -0.1) is 0 Å². The Bertz CT molecular complexity index is 1950. The minimum absolute atomic E-state index is 0.0117. The van der Waals surface area contributed by atoms with Gasteiger partial charge in [0.05, 0.1) is 26.3 Å². The van der Waals surface area contributed by atoms with Crippen LogP contribution >= 0.6 is 11.8 Å². The van der Waals surface area contributed by atoms with Crippen molar-refractivity contribution in [2.24, 2.45) is 0 Å². The highest BCUT2D eigenvalue weighted by atomic mass is 32.2. The number of thioether (sulfide) groups is 1. The predicted octanol–water partition coefficient (Wildman–Crippen LogP) is 5.45. The van der Waals surface area contributed by atoms with Gasteiger partial charge in [-0.2, -0.15) is 11.8 Å². The number of hydrogen-bond acceptors (Lipinski definition) is 14. The predicted molar refractivity (Wildman–Crippen MR) is 209 cm³/mol. The van der Waals surface area contributed by atoms with Crippen molar-refractivity contribution in [1.82, 2.24) is 15.1 Å². The first-order valence-electron chi connectivity index (χ1n) is 18.5. The maximum atomic E-state index is 14.3. The summed E-state index contributed by atoms with van der Waals surface area (Å²) in [6.07, 6.45) is 4.10. The minimum atomic E-state index is -0.802. The number of methoxy groups -OCH3 is 2. The van der Waals surface area contributed by atoms with Gasteiger partial charge in [0.2, 0.25) is 6.79 Å². The summed E-state index contributed by atoms with van der Waals surface area (Å²) in [5.74, 6) is 1.91. The molecular weight excluding hydrogens is 727 g/mol. The van der Waals surface area contributed by atoms with E-state index in [0.717, 1.165) is 28.7 Å². The first-order valence-corrected chi connectivity index (χ1v) is 19.9. The first-order chi connectivity index (χ1) is 26.3. The van der Waals surface area contributed by atoms with Crippen LogP contribution in [0.2, 0.25) is 0 Å². The van der Waals surface area contributed by atoms with E-state index in [0.29, 0.717) is 76.9 Å². The van der Waals surface area contributed by atoms with Crippen LogP contribution in [0.5, 0.6) is 40.2 Å². The fourth-order valence-electron chi connectivity index (χ4n) is 8.67. The van der Waals surface area contributed by atoms with Crippen LogP contribution in [0, 0.1) is 20.8 Å². The average Bonchev–Trinajstić information content (AvgIpc) is 3.63. The molecular formula is C41H53N3O10S. The van der Waals surface area contributed by atoms with E-state index >= 15 is 0 Å². The molecule has 0 amide bonds. The van der Waals surface area contributed by atoms with Gasteiger partial charge in [0.25, 0.3) is 0 Å². The normalized spacial score (nSPS) is 19.9. The Morgan fingerprint density at radius 2 is 1.76 bits per heavy atom. The SMILES string of the molecule is COc1cc2c(cc1O)CCNC2C(=O)OCC(c1c(C)c(OC(C)=O)c(C)c2c1OCO2)N1CCCc2cc(C)c(OC)c(O)c2[C@@H](N(C)C)C1CSC. The second-order valence-electron chi connectivity index (χ2n) is 14.6. The van der Waals surface area contributed by atoms with Crippen molar-refractivity contribution < 1.29 is 48.2 Å². The van der Waals surface area contributed by atoms with Gasteiger partial charge in [0.15, 0.2) is 34.5 Å². The number of rotatable bonds is 11. The van der Waals surface area contributed by atoms with Gasteiger partial charge in [0, 0.05) is 47.5 Å². The molecule has 0 fully saturated rings. The summed E-state index contributed by atoms with van der Waals surface area (Å²) in [5, 5.41) is 25.7. The summed E-state index contributed by atoms with van der Waals surface area (Å²) >= 11 is 1.69. The standard InChI is InChI=1S/C41H53N3O10S/c1-21-15-26-11-10-14-44(29(19-55-9)35(43(5)6)33(26)36(47)37(21)50-8)28(32-22(2)38(54-24(4)45)23(3)39-40(32)53-20-52-39)18-51-41(48)34-27-17-31(49-7)30(46)16-25(27)12-13-42-34/h15-17,28-29,34-35,42,46-47H,10-14,18-20H2,1-9H3/t28?,29?,34?,35-/m0/s1. The number of phenolic OH excluding ortho intramolecular Hbond substituents is 2. The number of esters is 2. The van der Waals surface area contributed by atoms with Crippen molar-refractivity contribution in [3.05, 3.63) is 62.7 Å². The highest BCUT2D eigenvalue weighted by Gasteiger charge is 2.43. The Kier molecular flexibility index (Phi) is 12.3. The lowest BCUT2D eigenvalue weighted by Gasteiger charge is -2.46. The number of benzene rings is 3. The summed E-state index contributed by atoms with van der Waals surface area (Å²) in [4.78, 5) is 31.2. The third kappa shape index (κ3) is 7.61. The molecule has 13 nitrogen and oxygen atoms in total. The number of ether oxygens (including phenoxy) is 6. The monoisotopic (exact) mass is 779 g/mol. The Labute approximate surface area is 327 Å². The van der Waals surface area contributed by atoms with Gasteiger partial charge in [-0.05, 0) is 101 Å². The zero-order chi connectivity index (χ0) is 39.7. The molecule has 0 radical (unpaired) electrons. The molecule has 3 aliphatic rings. The number of carbonyl (C=O) groups is 2. The van der Waals surface area contributed by atoms with Crippen LogP contribution in [0.1, 0.15) is 76.0 Å². The Morgan fingerprint density at radius 3 is 2.44 bits per heavy atom. The molecule has 0 saturated heterocycles. The number of phenols is 2. The highest BCUT2D eigenvalue weighted by Crippen LogP contribution is 2.52. The van der Waals surface area contributed by atoms with Gasteiger partial charge in [0.1, 0.15) is 18.4 Å². The van der Waals surface area contributed by atoms with Crippen LogP contribution < -0.4 is 29.0 Å². The van der Waals surface area contributed by atoms with Crippen LogP contribution in [0.3, 0.4) is 0 Å². The van der Waals surface area contributed by atoms with Crippen molar-refractivity contribution in [3.63, 3.8) is 0 Å². The van der Waals surface area contributed by atoms with E-state index in [2.05, 4.69) is 27.4 Å². The molecule has 3 heterocycles. The van der Waals surface area contributed by atoms with Crippen molar-refractivity contribution in [3.8, 4) is 40.2 Å². The first kappa shape index (κ1) is 40.3. The number of carbonyl (C=O) groups excluding carboxylic acids is 2. The molecule has 3 N–H and O–H groups in total. The van der Waals surface area contributed by atoms with E-state index in [4.69, 9.17) is 28.4 Å². The van der Waals surface area contributed by atoms with E-state index in [-0.39, 0.29) is 42.7 Å². The van der Waals surface area contributed by atoms with Gasteiger partial charge < -0.3 is 48.9 Å². The molecule has 3 unspecified atom stereocenters. The summed E-state index contributed by atoms with van der Waals surface area (Å²) in [7, 11) is 7.05. The number of likely N-dealkylation sites (N-methyl/N-ethyl adjacent to an activating group) is 1. The Hall–Kier alpha value is -4.37. The van der Waals surface area contributed by atoms with Crippen LogP contribution in [0.25, 0.3) is 0 Å². The van der Waals surface area contributed by atoms with Gasteiger partial charge in [-0.3, -0.25) is 9.69 Å². The lowest BCUT2D eigenvalue weighted by Crippen LogP contribution is -2.50. The van der Waals surface area contributed by atoms with E-state index < -0.39 is 24.0 Å². The molecule has 0 saturated carbocycles. The lowest BCUT2D eigenvalue weighted by molar-refractivity contribution is -0.149. The molecule has 14 heteroatoms. The van der Waals surface area contributed by atoms with Crippen molar-refractivity contribution in [2.75, 3.05) is 66.8 Å². The van der Waals surface area contributed by atoms with Crippen molar-refractivity contribution in [1.29, 1.82) is 0 Å². The number of hydrogen-bond donors (Lipinski definition) is 3. The summed E-state index contributed by atoms with van der Waals surface area (Å²) < 4.78 is 35.6. The molecule has 0 aromatic heterocycles. The zero-order valence-corrected chi connectivity index (χ0v) is 34.0. The number of fused-ring (bicyclic) bond motifs is 3. The molecule has 6 rings (SSSR count). The minimum Gasteiger partial charge on any atom is -0.504 e. The van der Waals surface area contributed by atoms with E-state index in [1.165, 1.54) is 14.0 Å². The van der Waals surface area contributed by atoms with Gasteiger partial charge >= 0.3 is 11.9 Å². The molecule has 3 aromatic rings. The summed E-state index contributed by atoms with van der Waals surface area (Å²) in [5.41, 5.74) is 6.26. The largest absolute Gasteiger partial charge is 0.504 e. The Balaban J connectivity index is 1.51. The summed E-state index contributed by atoms with van der Waals surface area (Å²) in [6.45, 7) is 8.05. The molecule has 3 aliphatic heterocycles. The van der Waals surface area contributed by atoms with Crippen LogP contribution in [0.4, 0.5) is 0 Å². The molecule has 4 atom stereocenters. The quantitative estimate of drug-likeness (QED) is 0.167. The second kappa shape index (κ2) is 16.8. The fourth-order valence-corrected chi connectivity index (χ4v) is 9.38. The molecule has 55 heavy (non-hydrogen) atoms. The van der Waals surface area contributed by atoms with E-state index in [1.54, 1.807) is 31.0 Å². The number of aryl methyl sites for hydroxylation is 2. The zero-order valence-electron chi connectivity index (χ0n) is 33.2. The van der Waals surface area contributed by atoms with Crippen LogP contribution in [-0.2, 0) is 27.2 Å². The number of nitrogens with one attached hydrogen (secondary N) is 1. The van der Waals surface area contributed by atoms with Crippen LogP contribution in [0.15, 0.2) is 18.2 Å². The number of nitrogens with zero attached hydrogens (tertiary/aromatic N) is 2. The molecule has 298 valence electrons. The van der Waals surface area contributed by atoms with E-state index in [1.807, 2.05) is 34.9 Å². The van der Waals surface area contributed by atoms with Gasteiger partial charge in [-0.25, -0.2) is 4.79 Å². The smallest absolute Gasteiger partial charge is 0.327 e. The maximum Gasteiger partial charge on any atom is 0.327 e. The van der Waals surface area contributed by atoms with Crippen LogP contribution in [-0.4, -0.2) is 105 Å². The molecule has 0 bridgehead atoms. The third-order valence-corrected chi connectivity index (χ3v) is 11.7. The van der Waals surface area contributed by atoms with Crippen molar-refractivity contribution >= 4 is 23.7 Å². The second-order valence-corrected chi connectivity index (χ2v) is 15.5. The van der Waals surface area contributed by atoms with Crippen molar-refractivity contribution in [2.45, 2.75) is 71.1 Å². The molecule has 3 aromatic carbocycles. The maximum absolute atomic E-state index is 14.3. The van der Waals surface area contributed by atoms with Gasteiger partial charge in [-0.1, -0.05) is 6.07 Å².